The Balaban J connectivity index is 2.89. The van der Waals surface area contributed by atoms with Crippen LogP contribution in [0.4, 0.5) is 0 Å². The second kappa shape index (κ2) is 3.10. The molecular weight excluding hydrogens is 192 g/mol. The first kappa shape index (κ1) is 7.66. The molecule has 54 valence electrons. The van der Waals surface area contributed by atoms with Crippen LogP contribution in [0.25, 0.3) is 0 Å². The number of rotatable bonds is 1. The fourth-order valence-electron chi connectivity index (χ4n) is 0.608. The molecule has 0 aliphatic heterocycles. The van der Waals surface area contributed by atoms with Crippen molar-refractivity contribution in [2.75, 3.05) is 0 Å². The van der Waals surface area contributed by atoms with Gasteiger partial charge in [-0.05, 0) is 13.8 Å². The Labute approximate surface area is 68.8 Å². The molecule has 10 heavy (non-hydrogen) atoms. The highest BCUT2D eigenvalue weighted by Gasteiger charge is 2.00. The molecule has 0 saturated carbocycles. The summed E-state index contributed by atoms with van der Waals surface area (Å²) in [5.41, 5.74) is 1.93. The summed E-state index contributed by atoms with van der Waals surface area (Å²) >= 11 is 3.40. The molecule has 3 heteroatoms. The molecular formula is C7H9BrN2. The lowest BCUT2D eigenvalue weighted by Gasteiger charge is -1.99. The zero-order valence-electron chi connectivity index (χ0n) is 6.00. The first-order valence-electron chi connectivity index (χ1n) is 3.13. The molecule has 0 amide bonds. The average Bonchev–Trinajstić information content (AvgIpc) is 1.88. The van der Waals surface area contributed by atoms with E-state index in [-0.39, 0.29) is 0 Å². The van der Waals surface area contributed by atoms with Gasteiger partial charge in [-0.2, -0.15) is 0 Å². The molecule has 1 rings (SSSR count). The summed E-state index contributed by atoms with van der Waals surface area (Å²) in [5.74, 6) is 0. The van der Waals surface area contributed by atoms with E-state index in [1.165, 1.54) is 0 Å². The smallest absolute Gasteiger partial charge is 0.0720 e. The predicted octanol–water partition coefficient (Wildman–Crippen LogP) is 2.24. The minimum atomic E-state index is 0.292. The number of nitrogens with zero attached hydrogens (tertiary/aromatic N) is 2. The van der Waals surface area contributed by atoms with Crippen molar-refractivity contribution in [2.24, 2.45) is 0 Å². The SMILES string of the molecule is Cc1cnc([C@@H](C)Br)cn1. The van der Waals surface area contributed by atoms with E-state index in [2.05, 4.69) is 25.9 Å². The molecule has 1 aromatic rings. The third-order valence-corrected chi connectivity index (χ3v) is 1.68. The van der Waals surface area contributed by atoms with Crippen LogP contribution in [0.1, 0.15) is 23.1 Å². The van der Waals surface area contributed by atoms with Crippen LogP contribution in [0.15, 0.2) is 12.4 Å². The fraction of sp³-hybridized carbons (Fsp3) is 0.429. The minimum absolute atomic E-state index is 0.292. The van der Waals surface area contributed by atoms with E-state index in [9.17, 15) is 0 Å². The summed E-state index contributed by atoms with van der Waals surface area (Å²) < 4.78 is 0. The van der Waals surface area contributed by atoms with Crippen LogP contribution in [-0.4, -0.2) is 9.97 Å². The normalized spacial score (nSPS) is 13.1. The highest BCUT2D eigenvalue weighted by atomic mass is 79.9. The van der Waals surface area contributed by atoms with Gasteiger partial charge in [-0.1, -0.05) is 15.9 Å². The third kappa shape index (κ3) is 1.77. The molecule has 0 unspecified atom stereocenters. The Morgan fingerprint density at radius 3 is 2.50 bits per heavy atom. The van der Waals surface area contributed by atoms with Gasteiger partial charge in [0.1, 0.15) is 0 Å². The number of hydrogen-bond acceptors (Lipinski definition) is 2. The van der Waals surface area contributed by atoms with E-state index in [4.69, 9.17) is 0 Å². The van der Waals surface area contributed by atoms with Gasteiger partial charge in [0.05, 0.1) is 16.2 Å². The van der Waals surface area contributed by atoms with Gasteiger partial charge in [-0.25, -0.2) is 0 Å². The number of hydrogen-bond donors (Lipinski definition) is 0. The van der Waals surface area contributed by atoms with Gasteiger partial charge in [-0.15, -0.1) is 0 Å². The quantitative estimate of drug-likeness (QED) is 0.651. The molecule has 0 N–H and O–H groups in total. The predicted molar refractivity (Wildman–Crippen MR) is 44.1 cm³/mol. The molecule has 0 aliphatic carbocycles. The zero-order chi connectivity index (χ0) is 7.56. The van der Waals surface area contributed by atoms with Gasteiger partial charge < -0.3 is 0 Å². The Bertz CT molecular complexity index is 205. The van der Waals surface area contributed by atoms with Crippen molar-refractivity contribution >= 4 is 15.9 Å². The molecule has 0 bridgehead atoms. The highest BCUT2D eigenvalue weighted by Crippen LogP contribution is 2.17. The van der Waals surface area contributed by atoms with Crippen molar-refractivity contribution in [2.45, 2.75) is 18.7 Å². The Morgan fingerprint density at radius 1 is 1.40 bits per heavy atom. The highest BCUT2D eigenvalue weighted by molar-refractivity contribution is 9.09. The monoisotopic (exact) mass is 200 g/mol. The summed E-state index contributed by atoms with van der Waals surface area (Å²) in [6.07, 6.45) is 3.56. The van der Waals surface area contributed by atoms with Crippen LogP contribution in [-0.2, 0) is 0 Å². The fourth-order valence-corrected chi connectivity index (χ4v) is 0.844. The van der Waals surface area contributed by atoms with E-state index in [0.29, 0.717) is 4.83 Å². The lowest BCUT2D eigenvalue weighted by Crippen LogP contribution is -1.91. The van der Waals surface area contributed by atoms with Gasteiger partial charge in [0.25, 0.3) is 0 Å². The largest absolute Gasteiger partial charge is 0.258 e. The Hall–Kier alpha value is -0.440. The van der Waals surface area contributed by atoms with Gasteiger partial charge in [0, 0.05) is 12.4 Å². The van der Waals surface area contributed by atoms with Crippen LogP contribution >= 0.6 is 15.9 Å². The standard InChI is InChI=1S/C7H9BrN2/c1-5-3-10-7(4-9-5)6(2)8/h3-4,6H,1-2H3/t6-/m1/s1. The van der Waals surface area contributed by atoms with E-state index >= 15 is 0 Å². The number of halogens is 1. The van der Waals surface area contributed by atoms with Crippen LogP contribution in [0.2, 0.25) is 0 Å². The summed E-state index contributed by atoms with van der Waals surface area (Å²) in [4.78, 5) is 8.57. The molecule has 1 heterocycles. The molecule has 0 spiro atoms. The van der Waals surface area contributed by atoms with Crippen molar-refractivity contribution in [1.82, 2.24) is 9.97 Å². The van der Waals surface area contributed by atoms with E-state index in [0.717, 1.165) is 11.4 Å². The number of aryl methyl sites for hydroxylation is 1. The molecule has 0 radical (unpaired) electrons. The van der Waals surface area contributed by atoms with E-state index in [1.54, 1.807) is 12.4 Å². The Kier molecular flexibility index (Phi) is 2.38. The van der Waals surface area contributed by atoms with E-state index in [1.807, 2.05) is 13.8 Å². The van der Waals surface area contributed by atoms with Gasteiger partial charge >= 0.3 is 0 Å². The second-order valence-corrected chi connectivity index (χ2v) is 3.57. The first-order valence-corrected chi connectivity index (χ1v) is 4.04. The maximum absolute atomic E-state index is 4.17. The lowest BCUT2D eigenvalue weighted by molar-refractivity contribution is 0.970. The average molecular weight is 201 g/mol. The molecule has 1 atom stereocenters. The molecule has 2 nitrogen and oxygen atoms in total. The zero-order valence-corrected chi connectivity index (χ0v) is 7.59. The summed E-state index contributed by atoms with van der Waals surface area (Å²) in [6, 6.07) is 0. The number of alkyl halides is 1. The molecule has 0 saturated heterocycles. The third-order valence-electron chi connectivity index (χ3n) is 1.21. The topological polar surface area (TPSA) is 25.8 Å². The van der Waals surface area contributed by atoms with Gasteiger partial charge in [-0.3, -0.25) is 9.97 Å². The summed E-state index contributed by atoms with van der Waals surface area (Å²) in [7, 11) is 0. The maximum atomic E-state index is 4.17. The summed E-state index contributed by atoms with van der Waals surface area (Å²) in [6.45, 7) is 3.95. The van der Waals surface area contributed by atoms with Crippen molar-refractivity contribution in [1.29, 1.82) is 0 Å². The van der Waals surface area contributed by atoms with Gasteiger partial charge in [0.15, 0.2) is 0 Å². The lowest BCUT2D eigenvalue weighted by atomic mass is 10.3. The van der Waals surface area contributed by atoms with Crippen molar-refractivity contribution in [3.63, 3.8) is 0 Å². The van der Waals surface area contributed by atoms with Crippen molar-refractivity contribution < 1.29 is 0 Å². The summed E-state index contributed by atoms with van der Waals surface area (Å²) in [5, 5.41) is 0. The molecule has 0 fully saturated rings. The van der Waals surface area contributed by atoms with Crippen molar-refractivity contribution in [3.05, 3.63) is 23.8 Å². The van der Waals surface area contributed by atoms with Crippen LogP contribution < -0.4 is 0 Å². The van der Waals surface area contributed by atoms with E-state index < -0.39 is 0 Å². The first-order chi connectivity index (χ1) is 4.70. The molecule has 0 aromatic carbocycles. The minimum Gasteiger partial charge on any atom is -0.258 e. The molecule has 0 aliphatic rings. The van der Waals surface area contributed by atoms with Gasteiger partial charge in [0.2, 0.25) is 0 Å². The van der Waals surface area contributed by atoms with Crippen LogP contribution in [0.5, 0.6) is 0 Å². The molecule has 1 aromatic heterocycles. The van der Waals surface area contributed by atoms with Crippen LogP contribution in [0, 0.1) is 6.92 Å². The van der Waals surface area contributed by atoms with Crippen LogP contribution in [0.3, 0.4) is 0 Å². The Morgan fingerprint density at radius 2 is 2.10 bits per heavy atom. The number of aromatic nitrogens is 2. The maximum Gasteiger partial charge on any atom is 0.0720 e. The second-order valence-electron chi connectivity index (χ2n) is 2.20. The van der Waals surface area contributed by atoms with Crippen molar-refractivity contribution in [3.8, 4) is 0 Å².